The molecule has 8 heteroatoms. The highest BCUT2D eigenvalue weighted by molar-refractivity contribution is 5.94. The smallest absolute Gasteiger partial charge is 0.251 e. The predicted octanol–water partition coefficient (Wildman–Crippen LogP) is 5.85. The zero-order valence-electron chi connectivity index (χ0n) is 22.0. The van der Waals surface area contributed by atoms with Crippen LogP contribution in [0.3, 0.4) is 0 Å². The van der Waals surface area contributed by atoms with E-state index in [1.165, 1.54) is 7.05 Å². The first kappa shape index (κ1) is 28.9. The average molecular weight is 501 g/mol. The summed E-state index contributed by atoms with van der Waals surface area (Å²) in [6, 6.07) is 5.90. The van der Waals surface area contributed by atoms with E-state index < -0.39 is 17.5 Å². The largest absolute Gasteiger partial charge is 0.359 e. The molecule has 0 fully saturated rings. The van der Waals surface area contributed by atoms with Gasteiger partial charge in [0.1, 0.15) is 17.3 Å². The molecule has 0 saturated carbocycles. The molecule has 2 heterocycles. The number of unbranched alkanes of at least 4 members (excludes halogenated alkanes) is 2. The van der Waals surface area contributed by atoms with Crippen molar-refractivity contribution in [2.45, 2.75) is 66.2 Å². The molecule has 0 aliphatic rings. The Morgan fingerprint density at radius 1 is 1.14 bits per heavy atom. The molecule has 0 saturated heterocycles. The summed E-state index contributed by atoms with van der Waals surface area (Å²) in [6.45, 7) is 8.61. The van der Waals surface area contributed by atoms with E-state index in [2.05, 4.69) is 22.5 Å². The van der Waals surface area contributed by atoms with E-state index in [9.17, 15) is 9.59 Å². The highest BCUT2D eigenvalue weighted by Crippen LogP contribution is 2.33. The monoisotopic (exact) mass is 500 g/mol. The molecule has 0 aliphatic carbocycles. The fourth-order valence-corrected chi connectivity index (χ4v) is 4.32. The lowest BCUT2D eigenvalue weighted by molar-refractivity contribution is -0.109. The van der Waals surface area contributed by atoms with Gasteiger partial charge in [-0.05, 0) is 55.5 Å². The summed E-state index contributed by atoms with van der Waals surface area (Å²) in [6.07, 6.45) is 8.03. The maximum absolute atomic E-state index is 15.2. The Labute approximate surface area is 212 Å². The predicted molar refractivity (Wildman–Crippen MR) is 140 cm³/mol. The molecule has 2 aromatic heterocycles. The molecule has 0 unspecified atom stereocenters. The zero-order valence-corrected chi connectivity index (χ0v) is 22.0. The van der Waals surface area contributed by atoms with Crippen LogP contribution >= 0.6 is 0 Å². The minimum atomic E-state index is -0.829. The van der Waals surface area contributed by atoms with Crippen LogP contribution in [-0.2, 0) is 11.2 Å². The third-order valence-corrected chi connectivity index (χ3v) is 6.13. The summed E-state index contributed by atoms with van der Waals surface area (Å²) < 4.78 is 32.3. The normalized spacial score (nSPS) is 11.5. The molecule has 3 aromatic rings. The molecule has 0 radical (unpaired) electrons. The van der Waals surface area contributed by atoms with Crippen LogP contribution < -0.4 is 10.6 Å². The van der Waals surface area contributed by atoms with Gasteiger partial charge in [0.05, 0.1) is 17.0 Å². The molecule has 196 valence electrons. The summed E-state index contributed by atoms with van der Waals surface area (Å²) in [4.78, 5) is 27.3. The van der Waals surface area contributed by atoms with E-state index >= 15 is 8.78 Å². The lowest BCUT2D eigenvalue weighted by Crippen LogP contribution is -2.19. The van der Waals surface area contributed by atoms with E-state index in [-0.39, 0.29) is 22.7 Å². The van der Waals surface area contributed by atoms with Crippen LogP contribution in [0.4, 0.5) is 8.78 Å². The van der Waals surface area contributed by atoms with Gasteiger partial charge in [-0.3, -0.25) is 9.59 Å². The highest BCUT2D eigenvalue weighted by Gasteiger charge is 2.24. The second-order valence-electron chi connectivity index (χ2n) is 8.66. The summed E-state index contributed by atoms with van der Waals surface area (Å²) in [5, 5.41) is 5.11. The minimum Gasteiger partial charge on any atom is -0.359 e. The number of fused-ring (bicyclic) bond motifs is 1. The first-order valence-electron chi connectivity index (χ1n) is 12.8. The van der Waals surface area contributed by atoms with E-state index in [4.69, 9.17) is 0 Å². The van der Waals surface area contributed by atoms with Crippen LogP contribution in [0.5, 0.6) is 0 Å². The number of amides is 2. The fraction of sp³-hybridized carbons (Fsp3) is 0.464. The number of nitrogens with zero attached hydrogens (tertiary/aromatic N) is 2. The van der Waals surface area contributed by atoms with Crippen LogP contribution in [0.2, 0.25) is 0 Å². The average Bonchev–Trinajstić information content (AvgIpc) is 3.20. The second-order valence-corrected chi connectivity index (χ2v) is 8.66. The lowest BCUT2D eigenvalue weighted by atomic mass is 9.91. The number of aromatic nitrogens is 2. The number of rotatable bonds is 12. The summed E-state index contributed by atoms with van der Waals surface area (Å²) in [5.41, 5.74) is 2.24. The quantitative estimate of drug-likeness (QED) is 0.242. The molecule has 0 aliphatic heterocycles. The van der Waals surface area contributed by atoms with Gasteiger partial charge in [0.25, 0.3) is 5.91 Å². The molecule has 1 atom stereocenters. The maximum atomic E-state index is 15.2. The van der Waals surface area contributed by atoms with Crippen molar-refractivity contribution in [1.82, 2.24) is 20.0 Å². The van der Waals surface area contributed by atoms with Crippen molar-refractivity contribution in [1.29, 1.82) is 0 Å². The number of carbonyl (C=O) groups is 2. The topological polar surface area (TPSA) is 75.5 Å². The van der Waals surface area contributed by atoms with Crippen molar-refractivity contribution < 1.29 is 18.4 Å². The standard InChI is InChI=1S/C26H32F2N4O2.C2H6/c1-4-5-6-7-18(8-10-30-16-33)13-22-25(31-23-12-17(2)9-11-32(22)23)24-20(27)14-19(15-21(24)28)26(34)29-3;1-2/h9,11-12,14-16,18H,4-8,10,13H2,1-3H3,(H,29,34)(H,30,33);1-2H3/t18-;/m0./s1. The Morgan fingerprint density at radius 2 is 1.83 bits per heavy atom. The van der Waals surface area contributed by atoms with Crippen LogP contribution in [0, 0.1) is 24.5 Å². The van der Waals surface area contributed by atoms with Gasteiger partial charge in [-0.15, -0.1) is 0 Å². The molecule has 3 rings (SSSR count). The number of hydrogen-bond acceptors (Lipinski definition) is 3. The minimum absolute atomic E-state index is 0.0835. The van der Waals surface area contributed by atoms with E-state index in [0.29, 0.717) is 30.7 Å². The number of hydrogen-bond donors (Lipinski definition) is 2. The number of imidazole rings is 1. The first-order chi connectivity index (χ1) is 17.4. The number of benzene rings is 1. The number of carbonyl (C=O) groups excluding carboxylic acids is 2. The van der Waals surface area contributed by atoms with Gasteiger partial charge in [-0.2, -0.15) is 0 Å². The zero-order chi connectivity index (χ0) is 26.7. The van der Waals surface area contributed by atoms with Gasteiger partial charge in [0.15, 0.2) is 0 Å². The molecule has 2 N–H and O–H groups in total. The van der Waals surface area contributed by atoms with Crippen LogP contribution in [0.1, 0.15) is 74.5 Å². The molecular formula is C28H38F2N4O2. The maximum Gasteiger partial charge on any atom is 0.251 e. The SMILES string of the molecule is CC.CCCCC[C@@H](CCNC=O)Cc1c(-c2c(F)cc(C(=O)NC)cc2F)nc2cc(C)ccn12. The summed E-state index contributed by atoms with van der Waals surface area (Å²) in [7, 11) is 1.41. The second kappa shape index (κ2) is 14.3. The number of halogens is 2. The lowest BCUT2D eigenvalue weighted by Gasteiger charge is -2.18. The van der Waals surface area contributed by atoms with E-state index in [1.807, 2.05) is 43.5 Å². The fourth-order valence-electron chi connectivity index (χ4n) is 4.32. The van der Waals surface area contributed by atoms with Gasteiger partial charge in [0, 0.05) is 25.4 Å². The van der Waals surface area contributed by atoms with Crippen LogP contribution in [-0.4, -0.2) is 35.3 Å². The molecule has 0 bridgehead atoms. The van der Waals surface area contributed by atoms with Crippen molar-refractivity contribution in [2.75, 3.05) is 13.6 Å². The van der Waals surface area contributed by atoms with Crippen molar-refractivity contribution in [2.24, 2.45) is 5.92 Å². The van der Waals surface area contributed by atoms with Crippen molar-refractivity contribution in [3.05, 3.63) is 58.9 Å². The Kier molecular flexibility index (Phi) is 11.5. The van der Waals surface area contributed by atoms with Gasteiger partial charge < -0.3 is 15.0 Å². The van der Waals surface area contributed by atoms with Crippen LogP contribution in [0.25, 0.3) is 16.9 Å². The Hall–Kier alpha value is -3.29. The van der Waals surface area contributed by atoms with Crippen LogP contribution in [0.15, 0.2) is 30.5 Å². The molecule has 36 heavy (non-hydrogen) atoms. The summed E-state index contributed by atoms with van der Waals surface area (Å²) >= 11 is 0. The van der Waals surface area contributed by atoms with Crippen molar-refractivity contribution in [3.63, 3.8) is 0 Å². The first-order valence-corrected chi connectivity index (χ1v) is 12.8. The third kappa shape index (κ3) is 7.12. The summed E-state index contributed by atoms with van der Waals surface area (Å²) in [5.74, 6) is -2.01. The molecule has 2 amide bonds. The number of pyridine rings is 1. The molecule has 0 spiro atoms. The van der Waals surface area contributed by atoms with Gasteiger partial charge in [-0.25, -0.2) is 13.8 Å². The third-order valence-electron chi connectivity index (χ3n) is 6.13. The Bertz CT molecular complexity index is 1140. The van der Waals surface area contributed by atoms with Crippen molar-refractivity contribution in [3.8, 4) is 11.3 Å². The van der Waals surface area contributed by atoms with Gasteiger partial charge >= 0.3 is 0 Å². The highest BCUT2D eigenvalue weighted by atomic mass is 19.1. The molecular weight excluding hydrogens is 462 g/mol. The molecule has 1 aromatic carbocycles. The van der Waals surface area contributed by atoms with E-state index in [0.717, 1.165) is 49.8 Å². The van der Waals surface area contributed by atoms with Gasteiger partial charge in [0.2, 0.25) is 6.41 Å². The van der Waals surface area contributed by atoms with E-state index in [1.54, 1.807) is 0 Å². The number of nitrogens with one attached hydrogen (secondary N) is 2. The van der Waals surface area contributed by atoms with Gasteiger partial charge in [-0.1, -0.05) is 46.5 Å². The Balaban J connectivity index is 0.00000222. The molecule has 6 nitrogen and oxygen atoms in total. The Morgan fingerprint density at radius 3 is 2.44 bits per heavy atom. The number of aryl methyl sites for hydroxylation is 1. The van der Waals surface area contributed by atoms with Crippen molar-refractivity contribution >= 4 is 18.0 Å².